The summed E-state index contributed by atoms with van der Waals surface area (Å²) in [7, 11) is 0. The third kappa shape index (κ3) is 2.64. The highest BCUT2D eigenvalue weighted by atomic mass is 16.2. The zero-order valence-corrected chi connectivity index (χ0v) is 10.0. The van der Waals surface area contributed by atoms with E-state index >= 15 is 0 Å². The lowest BCUT2D eigenvalue weighted by atomic mass is 9.95. The summed E-state index contributed by atoms with van der Waals surface area (Å²) in [6.07, 6.45) is 7.43. The van der Waals surface area contributed by atoms with Crippen molar-refractivity contribution in [2.24, 2.45) is 5.92 Å². The first kappa shape index (κ1) is 12.1. The van der Waals surface area contributed by atoms with E-state index in [0.29, 0.717) is 24.3 Å². The minimum absolute atomic E-state index is 0.293. The Bertz CT molecular complexity index is 242. The molecule has 0 spiro atoms. The third-order valence-corrected chi connectivity index (χ3v) is 4.08. The summed E-state index contributed by atoms with van der Waals surface area (Å²) >= 11 is 0. The van der Waals surface area contributed by atoms with E-state index in [0.717, 1.165) is 45.2 Å². The summed E-state index contributed by atoms with van der Waals surface area (Å²) in [4.78, 5) is 14.3. The minimum atomic E-state index is 0.293. The number of hydrogen-bond acceptors (Lipinski definition) is 3. The molecule has 2 fully saturated rings. The number of nitrogens with zero attached hydrogens (tertiary/aromatic N) is 1. The molecule has 1 saturated carbocycles. The zero-order valence-electron chi connectivity index (χ0n) is 10.0. The molecule has 0 amide bonds. The van der Waals surface area contributed by atoms with Crippen molar-refractivity contribution < 1.29 is 9.90 Å². The second-order valence-corrected chi connectivity index (χ2v) is 5.14. The van der Waals surface area contributed by atoms with Crippen molar-refractivity contribution in [3.8, 4) is 0 Å². The fourth-order valence-electron chi connectivity index (χ4n) is 3.26. The number of Topliss-reactive ketones (excluding diaryl/α,β-unsaturated/α-hetero) is 1. The predicted molar refractivity (Wildman–Crippen MR) is 63.3 cm³/mol. The molecule has 2 unspecified atom stereocenters. The van der Waals surface area contributed by atoms with Crippen LogP contribution in [-0.4, -0.2) is 41.5 Å². The van der Waals surface area contributed by atoms with Gasteiger partial charge in [-0.25, -0.2) is 0 Å². The molecule has 1 saturated heterocycles. The monoisotopic (exact) mass is 225 g/mol. The Kier molecular flexibility index (Phi) is 4.36. The standard InChI is InChI=1S/C13H23NO2/c15-10-2-1-8-14-9-4-6-12(14)11-5-3-7-13(11)16/h11-12,15H,1-10H2. The van der Waals surface area contributed by atoms with Crippen LogP contribution in [0.4, 0.5) is 0 Å². The summed E-state index contributed by atoms with van der Waals surface area (Å²) < 4.78 is 0. The molecule has 1 heterocycles. The van der Waals surface area contributed by atoms with Crippen LogP contribution >= 0.6 is 0 Å². The van der Waals surface area contributed by atoms with E-state index in [-0.39, 0.29) is 0 Å². The Morgan fingerprint density at radius 1 is 1.25 bits per heavy atom. The van der Waals surface area contributed by atoms with E-state index in [1.54, 1.807) is 0 Å². The molecule has 0 aromatic rings. The first-order chi connectivity index (χ1) is 7.83. The summed E-state index contributed by atoms with van der Waals surface area (Å²) in [6, 6.07) is 0.522. The maximum Gasteiger partial charge on any atom is 0.137 e. The Balaban J connectivity index is 1.85. The lowest BCUT2D eigenvalue weighted by Gasteiger charge is -2.28. The molecular formula is C13H23NO2. The van der Waals surface area contributed by atoms with E-state index in [9.17, 15) is 4.79 Å². The lowest BCUT2D eigenvalue weighted by molar-refractivity contribution is -0.122. The molecule has 1 N–H and O–H groups in total. The molecule has 2 aliphatic rings. The molecule has 3 nitrogen and oxygen atoms in total. The van der Waals surface area contributed by atoms with Gasteiger partial charge < -0.3 is 5.11 Å². The van der Waals surface area contributed by atoms with Gasteiger partial charge in [0.15, 0.2) is 0 Å². The molecule has 1 aliphatic heterocycles. The second-order valence-electron chi connectivity index (χ2n) is 5.14. The Morgan fingerprint density at radius 2 is 2.12 bits per heavy atom. The van der Waals surface area contributed by atoms with Gasteiger partial charge >= 0.3 is 0 Å². The normalized spacial score (nSPS) is 31.4. The van der Waals surface area contributed by atoms with Gasteiger partial charge in [0.1, 0.15) is 5.78 Å². The van der Waals surface area contributed by atoms with Gasteiger partial charge in [-0.05, 0) is 51.6 Å². The Labute approximate surface area is 97.8 Å². The van der Waals surface area contributed by atoms with Crippen LogP contribution in [-0.2, 0) is 4.79 Å². The van der Waals surface area contributed by atoms with Crippen molar-refractivity contribution in [3.63, 3.8) is 0 Å². The number of hydrogen-bond donors (Lipinski definition) is 1. The van der Waals surface area contributed by atoms with Crippen LogP contribution in [0.3, 0.4) is 0 Å². The van der Waals surface area contributed by atoms with E-state index in [2.05, 4.69) is 4.90 Å². The molecule has 16 heavy (non-hydrogen) atoms. The summed E-state index contributed by atoms with van der Waals surface area (Å²) in [5.41, 5.74) is 0. The maximum absolute atomic E-state index is 11.8. The van der Waals surface area contributed by atoms with Crippen molar-refractivity contribution in [3.05, 3.63) is 0 Å². The van der Waals surface area contributed by atoms with Crippen molar-refractivity contribution in [1.29, 1.82) is 0 Å². The molecular weight excluding hydrogens is 202 g/mol. The number of ketones is 1. The molecule has 2 rings (SSSR count). The number of rotatable bonds is 5. The van der Waals surface area contributed by atoms with Crippen molar-refractivity contribution in [2.75, 3.05) is 19.7 Å². The average Bonchev–Trinajstić information content (AvgIpc) is 2.87. The molecule has 92 valence electrons. The van der Waals surface area contributed by atoms with Crippen LogP contribution in [0.5, 0.6) is 0 Å². The van der Waals surface area contributed by atoms with Crippen LogP contribution in [0.15, 0.2) is 0 Å². The molecule has 0 aromatic heterocycles. The highest BCUT2D eigenvalue weighted by molar-refractivity contribution is 5.83. The van der Waals surface area contributed by atoms with Crippen LogP contribution in [0.2, 0.25) is 0 Å². The largest absolute Gasteiger partial charge is 0.396 e. The van der Waals surface area contributed by atoms with Gasteiger partial charge in [-0.2, -0.15) is 0 Å². The molecule has 0 radical (unpaired) electrons. The van der Waals surface area contributed by atoms with Gasteiger partial charge in [-0.1, -0.05) is 0 Å². The topological polar surface area (TPSA) is 40.5 Å². The minimum Gasteiger partial charge on any atom is -0.396 e. The van der Waals surface area contributed by atoms with Crippen LogP contribution in [0, 0.1) is 5.92 Å². The Hall–Kier alpha value is -0.410. The van der Waals surface area contributed by atoms with Gasteiger partial charge in [0.2, 0.25) is 0 Å². The molecule has 0 bridgehead atoms. The zero-order chi connectivity index (χ0) is 11.4. The van der Waals surface area contributed by atoms with Crippen LogP contribution < -0.4 is 0 Å². The van der Waals surface area contributed by atoms with E-state index in [4.69, 9.17) is 5.11 Å². The van der Waals surface area contributed by atoms with Gasteiger partial charge in [0, 0.05) is 25.0 Å². The summed E-state index contributed by atoms with van der Waals surface area (Å²) in [5, 5.41) is 8.79. The fraction of sp³-hybridized carbons (Fsp3) is 0.923. The first-order valence-corrected chi connectivity index (χ1v) is 6.70. The smallest absolute Gasteiger partial charge is 0.137 e. The summed E-state index contributed by atoms with van der Waals surface area (Å²) in [6.45, 7) is 2.51. The number of likely N-dealkylation sites (tertiary alicyclic amines) is 1. The lowest BCUT2D eigenvalue weighted by Crippen LogP contribution is -2.38. The first-order valence-electron chi connectivity index (χ1n) is 6.70. The van der Waals surface area contributed by atoms with Gasteiger partial charge in [0.05, 0.1) is 0 Å². The Morgan fingerprint density at radius 3 is 2.81 bits per heavy atom. The highest BCUT2D eigenvalue weighted by Gasteiger charge is 2.37. The SMILES string of the molecule is O=C1CCCC1C1CCCN1CCCCO. The van der Waals surface area contributed by atoms with Gasteiger partial charge in [-0.15, -0.1) is 0 Å². The highest BCUT2D eigenvalue weighted by Crippen LogP contribution is 2.33. The number of carbonyl (C=O) groups is 1. The van der Waals surface area contributed by atoms with Crippen LogP contribution in [0.25, 0.3) is 0 Å². The van der Waals surface area contributed by atoms with E-state index in [1.165, 1.54) is 12.8 Å². The van der Waals surface area contributed by atoms with E-state index in [1.807, 2.05) is 0 Å². The third-order valence-electron chi connectivity index (χ3n) is 4.08. The molecule has 1 aliphatic carbocycles. The van der Waals surface area contributed by atoms with E-state index < -0.39 is 0 Å². The van der Waals surface area contributed by atoms with Gasteiger partial charge in [0.25, 0.3) is 0 Å². The quantitative estimate of drug-likeness (QED) is 0.722. The maximum atomic E-state index is 11.8. The molecule has 0 aromatic carbocycles. The fourth-order valence-corrected chi connectivity index (χ4v) is 3.26. The number of aliphatic hydroxyl groups is 1. The average molecular weight is 225 g/mol. The summed E-state index contributed by atoms with van der Waals surface area (Å²) in [5.74, 6) is 0.829. The molecule has 3 heteroatoms. The number of aliphatic hydroxyl groups excluding tert-OH is 1. The van der Waals surface area contributed by atoms with Gasteiger partial charge in [-0.3, -0.25) is 9.69 Å². The second kappa shape index (κ2) is 5.78. The predicted octanol–water partition coefficient (Wildman–Crippen LogP) is 1.59. The number of unbranched alkanes of at least 4 members (excludes halogenated alkanes) is 1. The van der Waals surface area contributed by atoms with Crippen molar-refractivity contribution >= 4 is 5.78 Å². The number of carbonyl (C=O) groups excluding carboxylic acids is 1. The van der Waals surface area contributed by atoms with Crippen molar-refractivity contribution in [1.82, 2.24) is 4.90 Å². The van der Waals surface area contributed by atoms with Crippen LogP contribution in [0.1, 0.15) is 44.9 Å². The van der Waals surface area contributed by atoms with Crippen molar-refractivity contribution in [2.45, 2.75) is 51.0 Å². The molecule has 2 atom stereocenters.